The summed E-state index contributed by atoms with van der Waals surface area (Å²) in [5, 5.41) is 67.7. The molecule has 114 valence electrons. The lowest BCUT2D eigenvalue weighted by atomic mass is 10.2. The van der Waals surface area contributed by atoms with Gasteiger partial charge in [0.05, 0.1) is 0 Å². The molecule has 10 N–H and O–H groups in total. The van der Waals surface area contributed by atoms with Crippen LogP contribution in [0.3, 0.4) is 0 Å². The van der Waals surface area contributed by atoms with E-state index in [1.165, 1.54) is 0 Å². The maximum atomic E-state index is 11.7. The van der Waals surface area contributed by atoms with E-state index in [1.807, 2.05) is 5.10 Å². The zero-order valence-corrected chi connectivity index (χ0v) is 10.1. The van der Waals surface area contributed by atoms with Crippen molar-refractivity contribution in [3.8, 4) is 34.4 Å². The number of H-pyrrole nitrogens is 1. The molecular formula is C10H11N3O8. The van der Waals surface area contributed by atoms with Crippen molar-refractivity contribution in [3.63, 3.8) is 0 Å². The molecule has 0 fully saturated rings. The number of nitrogens with zero attached hydrogens (tertiary/aromatic N) is 1. The molecule has 0 spiro atoms. The van der Waals surface area contributed by atoms with E-state index in [4.69, 9.17) is 15.9 Å². The fraction of sp³-hybridized carbons (Fsp3) is 0.100. The number of phenolic OH excluding ortho intramolecular Hbond substituents is 5. The third-order valence-electron chi connectivity index (χ3n) is 2.69. The van der Waals surface area contributed by atoms with Gasteiger partial charge in [0.2, 0.25) is 17.2 Å². The molecule has 2 aromatic rings. The molecule has 1 aromatic heterocycles. The quantitative estimate of drug-likeness (QED) is 0.166. The highest BCUT2D eigenvalue weighted by Crippen LogP contribution is 2.51. The summed E-state index contributed by atoms with van der Waals surface area (Å²) < 4.78 is 0.368. The number of phenols is 5. The molecule has 1 aromatic carbocycles. The average Bonchev–Trinajstić information content (AvgIpc) is 2.77. The Labute approximate surface area is 115 Å². The molecule has 0 aliphatic heterocycles. The summed E-state index contributed by atoms with van der Waals surface area (Å²) >= 11 is 0. The van der Waals surface area contributed by atoms with Crippen LogP contribution in [0.4, 0.5) is 0 Å². The zero-order chi connectivity index (χ0) is 16.1. The van der Waals surface area contributed by atoms with Crippen LogP contribution in [0.2, 0.25) is 0 Å². The topological polar surface area (TPSA) is 205 Å². The first-order chi connectivity index (χ1) is 9.55. The fourth-order valence-electron chi connectivity index (χ4n) is 1.64. The third-order valence-corrected chi connectivity index (χ3v) is 2.69. The number of hydrogen-bond acceptors (Lipinski definition) is 9. The van der Waals surface area contributed by atoms with Crippen LogP contribution in [0.1, 0.15) is 5.69 Å². The normalized spacial score (nSPS) is 11.8. The lowest BCUT2D eigenvalue weighted by Gasteiger charge is -2.14. The first-order valence-corrected chi connectivity index (χ1v) is 5.31. The Morgan fingerprint density at radius 3 is 1.76 bits per heavy atom. The van der Waals surface area contributed by atoms with Crippen LogP contribution in [0.5, 0.6) is 28.7 Å². The van der Waals surface area contributed by atoms with E-state index < -0.39 is 51.6 Å². The van der Waals surface area contributed by atoms with Crippen molar-refractivity contribution in [1.82, 2.24) is 9.78 Å². The van der Waals surface area contributed by atoms with Gasteiger partial charge in [-0.1, -0.05) is 0 Å². The largest absolute Gasteiger partial charge is 0.503 e. The fourth-order valence-corrected chi connectivity index (χ4v) is 1.64. The van der Waals surface area contributed by atoms with Crippen molar-refractivity contribution in [2.75, 3.05) is 0 Å². The van der Waals surface area contributed by atoms with Gasteiger partial charge in [0.25, 0.3) is 11.5 Å². The smallest absolute Gasteiger partial charge is 0.271 e. The van der Waals surface area contributed by atoms with Crippen LogP contribution in [0.15, 0.2) is 10.9 Å². The van der Waals surface area contributed by atoms with Crippen LogP contribution >= 0.6 is 0 Å². The Balaban J connectivity index is 2.81. The second-order valence-corrected chi connectivity index (χ2v) is 4.16. The van der Waals surface area contributed by atoms with Gasteiger partial charge in [-0.2, -0.15) is 0 Å². The Kier molecular flexibility index (Phi) is 2.98. The summed E-state index contributed by atoms with van der Waals surface area (Å²) in [4.78, 5) is 11.7. The van der Waals surface area contributed by atoms with Gasteiger partial charge in [-0.15, -0.1) is 0 Å². The van der Waals surface area contributed by atoms with Crippen molar-refractivity contribution in [1.29, 1.82) is 0 Å². The second kappa shape index (κ2) is 4.31. The van der Waals surface area contributed by atoms with Gasteiger partial charge in [0.15, 0.2) is 17.2 Å². The van der Waals surface area contributed by atoms with Gasteiger partial charge >= 0.3 is 0 Å². The molecular weight excluding hydrogens is 290 g/mol. The van der Waals surface area contributed by atoms with Crippen LogP contribution < -0.4 is 11.3 Å². The van der Waals surface area contributed by atoms with Gasteiger partial charge in [0, 0.05) is 6.07 Å². The maximum absolute atomic E-state index is 11.7. The first kappa shape index (κ1) is 14.5. The Bertz CT molecular complexity index is 741. The van der Waals surface area contributed by atoms with Gasteiger partial charge in [-0.25, -0.2) is 4.68 Å². The average molecular weight is 301 g/mol. The minimum atomic E-state index is -2.91. The third kappa shape index (κ3) is 2.10. The van der Waals surface area contributed by atoms with Crippen LogP contribution in [0.25, 0.3) is 5.69 Å². The molecule has 0 atom stereocenters. The molecule has 0 amide bonds. The van der Waals surface area contributed by atoms with E-state index in [0.29, 0.717) is 10.7 Å². The molecule has 0 saturated heterocycles. The Hall–Kier alpha value is -2.89. The molecule has 11 heteroatoms. The number of benzene rings is 1. The first-order valence-electron chi connectivity index (χ1n) is 5.31. The summed E-state index contributed by atoms with van der Waals surface area (Å²) in [6.45, 7) is 0. The summed E-state index contributed by atoms with van der Waals surface area (Å²) in [5.41, 5.74) is 2.50. The highest BCUT2D eigenvalue weighted by atomic mass is 16.5. The molecule has 0 radical (unpaired) electrons. The molecule has 0 bridgehead atoms. The molecule has 1 heterocycles. The Morgan fingerprint density at radius 1 is 0.952 bits per heavy atom. The minimum Gasteiger partial charge on any atom is -0.503 e. The lowest BCUT2D eigenvalue weighted by molar-refractivity contribution is -0.167. The summed E-state index contributed by atoms with van der Waals surface area (Å²) in [6, 6.07) is 0.639. The molecule has 11 nitrogen and oxygen atoms in total. The van der Waals surface area contributed by atoms with Gasteiger partial charge in [-0.05, 0) is 0 Å². The van der Waals surface area contributed by atoms with E-state index in [9.17, 15) is 30.3 Å². The SMILES string of the molecule is NC(O)(O)c1cc(=O)n(-c2c(O)c(O)c(O)c(O)c2O)[nH]1. The number of nitrogens with one attached hydrogen (secondary N) is 1. The summed E-state index contributed by atoms with van der Waals surface area (Å²) in [7, 11) is 0. The van der Waals surface area contributed by atoms with Gasteiger partial charge < -0.3 is 35.7 Å². The Morgan fingerprint density at radius 2 is 1.38 bits per heavy atom. The molecule has 0 aliphatic rings. The number of aromatic amines is 1. The predicted octanol–water partition coefficient (Wildman–Crippen LogP) is -2.25. The molecule has 0 saturated carbocycles. The van der Waals surface area contributed by atoms with Crippen LogP contribution in [0, 0.1) is 0 Å². The van der Waals surface area contributed by atoms with E-state index in [2.05, 4.69) is 0 Å². The van der Waals surface area contributed by atoms with Gasteiger partial charge in [-0.3, -0.25) is 15.6 Å². The maximum Gasteiger partial charge on any atom is 0.271 e. The summed E-state index contributed by atoms with van der Waals surface area (Å²) in [6.07, 6.45) is 0. The molecule has 0 unspecified atom stereocenters. The van der Waals surface area contributed by atoms with Crippen molar-refractivity contribution in [2.24, 2.45) is 5.73 Å². The van der Waals surface area contributed by atoms with Crippen LogP contribution in [-0.4, -0.2) is 45.5 Å². The number of rotatable bonds is 2. The summed E-state index contributed by atoms with van der Waals surface area (Å²) in [5.74, 6) is -8.79. The highest BCUT2D eigenvalue weighted by molar-refractivity contribution is 5.73. The predicted molar refractivity (Wildman–Crippen MR) is 65.0 cm³/mol. The lowest BCUT2D eigenvalue weighted by Crippen LogP contribution is -2.36. The number of aromatic nitrogens is 2. The number of aliphatic hydroxyl groups is 2. The van der Waals surface area contributed by atoms with E-state index in [0.717, 1.165) is 0 Å². The van der Waals surface area contributed by atoms with Gasteiger partial charge in [0.1, 0.15) is 5.69 Å². The van der Waals surface area contributed by atoms with Crippen molar-refractivity contribution in [2.45, 2.75) is 5.91 Å². The zero-order valence-electron chi connectivity index (χ0n) is 10.1. The molecule has 0 aliphatic carbocycles. The number of aromatic hydroxyl groups is 5. The molecule has 2 rings (SSSR count). The minimum absolute atomic E-state index is 0.368. The van der Waals surface area contributed by atoms with Crippen LogP contribution in [-0.2, 0) is 5.91 Å². The monoisotopic (exact) mass is 301 g/mol. The standard InChI is InChI=1S/C10H11N3O8/c11-10(20,21)2-1-3(14)13(12-2)4-5(15)7(17)9(19)8(18)6(4)16/h1,12,15-21H,11H2. The number of nitrogens with two attached hydrogens (primary N) is 1. The van der Waals surface area contributed by atoms with E-state index in [1.54, 1.807) is 0 Å². The van der Waals surface area contributed by atoms with E-state index >= 15 is 0 Å². The van der Waals surface area contributed by atoms with Crippen molar-refractivity contribution in [3.05, 3.63) is 22.1 Å². The number of hydrogen-bond donors (Lipinski definition) is 9. The molecule has 21 heavy (non-hydrogen) atoms. The van der Waals surface area contributed by atoms with Crippen molar-refractivity contribution >= 4 is 0 Å². The second-order valence-electron chi connectivity index (χ2n) is 4.16. The highest BCUT2D eigenvalue weighted by Gasteiger charge is 2.29. The van der Waals surface area contributed by atoms with E-state index in [-0.39, 0.29) is 0 Å². The van der Waals surface area contributed by atoms with Crippen molar-refractivity contribution < 1.29 is 35.7 Å².